The number of nitrogens with zero attached hydrogens (tertiary/aromatic N) is 2. The first kappa shape index (κ1) is 18.3. The summed E-state index contributed by atoms with van der Waals surface area (Å²) in [4.78, 5) is 26.3. The predicted octanol–water partition coefficient (Wildman–Crippen LogP) is 0.341. The van der Waals surface area contributed by atoms with Crippen molar-refractivity contribution in [3.05, 3.63) is 0 Å². The molecule has 3 atom stereocenters. The fraction of sp³-hybridized carbons (Fsp3) is 0.833. The third-order valence-electron chi connectivity index (χ3n) is 3.47. The number of hydrogen-bond acceptors (Lipinski definition) is 3. The molecule has 2 amide bonds. The highest BCUT2D eigenvalue weighted by Crippen LogP contribution is 2.30. The van der Waals surface area contributed by atoms with Crippen LogP contribution >= 0.6 is 30.8 Å². The van der Waals surface area contributed by atoms with Crippen molar-refractivity contribution in [2.24, 2.45) is 0 Å². The second-order valence-corrected chi connectivity index (χ2v) is 9.68. The van der Waals surface area contributed by atoms with Gasteiger partial charge in [-0.2, -0.15) is 0 Å². The van der Waals surface area contributed by atoms with Crippen LogP contribution in [0.25, 0.3) is 0 Å². The van der Waals surface area contributed by atoms with Crippen molar-refractivity contribution < 1.29 is 19.2 Å². The Hall–Kier alpha value is 0.285. The van der Waals surface area contributed by atoms with E-state index >= 15 is 0 Å². The van der Waals surface area contributed by atoms with Gasteiger partial charge in [0.2, 0.25) is 16.7 Å². The number of quaternary nitrogens is 1. The number of likely N-dealkylation sites (tertiary alicyclic amines) is 1. The van der Waals surface area contributed by atoms with Gasteiger partial charge in [-0.1, -0.05) is 0 Å². The molecule has 0 saturated carbocycles. The van der Waals surface area contributed by atoms with Gasteiger partial charge in [-0.15, -0.1) is 30.8 Å². The van der Waals surface area contributed by atoms with Crippen LogP contribution in [0.3, 0.4) is 0 Å². The quantitative estimate of drug-likeness (QED) is 0.206. The molecule has 0 aromatic heterocycles. The van der Waals surface area contributed by atoms with Crippen LogP contribution in [-0.2, 0) is 9.59 Å². The Morgan fingerprint density at radius 3 is 2.75 bits per heavy atom. The van der Waals surface area contributed by atoms with E-state index in [4.69, 9.17) is 0 Å². The fourth-order valence-corrected chi connectivity index (χ4v) is 5.06. The maximum Gasteiger partial charge on any atom is 0.236 e. The van der Waals surface area contributed by atoms with Crippen LogP contribution in [0.2, 0.25) is 0 Å². The minimum absolute atomic E-state index is 0.0156. The summed E-state index contributed by atoms with van der Waals surface area (Å²) >= 11 is 2.26. The predicted molar refractivity (Wildman–Crippen MR) is 92.7 cm³/mol. The highest BCUT2D eigenvalue weighted by molar-refractivity contribution is 14.1. The van der Waals surface area contributed by atoms with Gasteiger partial charge in [0, 0.05) is 19.4 Å². The minimum atomic E-state index is -0.339. The number of halogens is 1. The van der Waals surface area contributed by atoms with Crippen molar-refractivity contribution in [2.75, 3.05) is 33.7 Å². The lowest BCUT2D eigenvalue weighted by molar-refractivity contribution is -0.893. The van der Waals surface area contributed by atoms with Gasteiger partial charge in [0.05, 0.1) is 26.3 Å². The first-order valence-corrected chi connectivity index (χ1v) is 9.71. The number of hydrogen-bond donors (Lipinski definition) is 1. The molecule has 8 heteroatoms. The van der Waals surface area contributed by atoms with Gasteiger partial charge < -0.3 is 9.59 Å². The van der Waals surface area contributed by atoms with Crippen LogP contribution in [0.1, 0.15) is 19.8 Å². The Kier molecular flexibility index (Phi) is 7.39. The van der Waals surface area contributed by atoms with Crippen LogP contribution in [0.15, 0.2) is 0 Å². The number of aliphatic hydroxyl groups is 1. The largest absolute Gasteiger partial charge is 0.388 e. The fourth-order valence-electron chi connectivity index (χ4n) is 2.63. The summed E-state index contributed by atoms with van der Waals surface area (Å²) in [7, 11) is 4.66. The van der Waals surface area contributed by atoms with Crippen molar-refractivity contribution in [1.82, 2.24) is 4.90 Å². The number of carbonyl (C=O) groups is 2. The molecule has 1 heterocycles. The molecule has 1 aliphatic rings. The zero-order chi connectivity index (χ0) is 15.3. The Morgan fingerprint density at radius 2 is 2.20 bits per heavy atom. The van der Waals surface area contributed by atoms with Crippen LogP contribution in [0.4, 0.5) is 0 Å². The zero-order valence-corrected chi connectivity index (χ0v) is 15.6. The average Bonchev–Trinajstić information content (AvgIpc) is 2.55. The van der Waals surface area contributed by atoms with E-state index in [2.05, 4.69) is 36.5 Å². The molecular formula is C12H24BIN2O3P+. The molecule has 3 unspecified atom stereocenters. The number of amides is 2. The summed E-state index contributed by atoms with van der Waals surface area (Å²) < 4.78 is 0.701. The molecule has 1 N–H and O–H groups in total. The Morgan fingerprint density at radius 1 is 1.55 bits per heavy atom. The molecule has 1 fully saturated rings. The topological polar surface area (TPSA) is 57.6 Å². The van der Waals surface area contributed by atoms with Crippen molar-refractivity contribution >= 4 is 47.5 Å². The van der Waals surface area contributed by atoms with Crippen molar-refractivity contribution in [3.8, 4) is 0 Å². The molecule has 5 nitrogen and oxygen atoms in total. The highest BCUT2D eigenvalue weighted by atomic mass is 127. The van der Waals surface area contributed by atoms with Crippen LogP contribution in [0.5, 0.6) is 0 Å². The maximum absolute atomic E-state index is 12.1. The standard InChI is InChI=1S/C12H24BIN2O3P/c1-9(17)8-16(2,3)6-4-5-15-11(18)7-10(12(15)19)20-13-14/h9-10,13,17,20H,4-8H2,1-3H3/q+1. The number of aliphatic hydroxyl groups excluding tert-OH is 1. The van der Waals surface area contributed by atoms with Crippen LogP contribution in [0, 0.1) is 0 Å². The summed E-state index contributed by atoms with van der Waals surface area (Å²) in [6.45, 7) is 3.83. The third-order valence-corrected chi connectivity index (χ3v) is 5.89. The lowest BCUT2D eigenvalue weighted by Gasteiger charge is -2.31. The molecular weight excluding hydrogens is 389 g/mol. The molecule has 0 aromatic rings. The van der Waals surface area contributed by atoms with Gasteiger partial charge in [-0.25, -0.2) is 0 Å². The summed E-state index contributed by atoms with van der Waals surface area (Å²) in [5, 5.41) is 9.44. The Labute approximate surface area is 136 Å². The van der Waals surface area contributed by atoms with E-state index in [-0.39, 0.29) is 23.6 Å². The van der Waals surface area contributed by atoms with Gasteiger partial charge in [0.25, 0.3) is 0 Å². The third kappa shape index (κ3) is 5.58. The molecule has 20 heavy (non-hydrogen) atoms. The van der Waals surface area contributed by atoms with Crippen molar-refractivity contribution in [1.29, 1.82) is 0 Å². The Bertz CT molecular complexity index is 369. The summed E-state index contributed by atoms with van der Waals surface area (Å²) in [5.41, 5.74) is -0.0700. The molecule has 0 radical (unpaired) electrons. The second kappa shape index (κ2) is 8.06. The van der Waals surface area contributed by atoms with Gasteiger partial charge in [-0.3, -0.25) is 14.5 Å². The van der Waals surface area contributed by atoms with E-state index in [1.165, 1.54) is 4.90 Å². The molecule has 1 aliphatic heterocycles. The smallest absolute Gasteiger partial charge is 0.236 e. The molecule has 0 spiro atoms. The van der Waals surface area contributed by atoms with Crippen LogP contribution < -0.4 is 0 Å². The molecule has 0 aliphatic carbocycles. The highest BCUT2D eigenvalue weighted by Gasteiger charge is 2.37. The Balaban J connectivity index is 2.42. The second-order valence-electron chi connectivity index (χ2n) is 6.02. The lowest BCUT2D eigenvalue weighted by atomic mass is 10.3. The summed E-state index contributed by atoms with van der Waals surface area (Å²) in [5.74, 6) is 0.00372. The van der Waals surface area contributed by atoms with E-state index in [0.29, 0.717) is 32.5 Å². The maximum atomic E-state index is 12.1. The molecule has 0 aromatic carbocycles. The van der Waals surface area contributed by atoms with E-state index in [0.717, 1.165) is 17.8 Å². The lowest BCUT2D eigenvalue weighted by Crippen LogP contribution is -2.46. The van der Waals surface area contributed by atoms with E-state index in [1.807, 2.05) is 0 Å². The van der Waals surface area contributed by atoms with E-state index in [1.54, 1.807) is 6.92 Å². The number of rotatable bonds is 8. The summed E-state index contributed by atoms with van der Waals surface area (Å²) in [6, 6.07) is 0. The van der Waals surface area contributed by atoms with Crippen LogP contribution in [-0.4, -0.2) is 76.7 Å². The molecule has 1 rings (SSSR count). The van der Waals surface area contributed by atoms with E-state index in [9.17, 15) is 14.7 Å². The number of imide groups is 1. The first-order valence-electron chi connectivity index (χ1n) is 6.90. The SMILES string of the molecule is CC(O)C[N+](C)(C)CCCN1C(=O)CC(PBI)C1=O. The number of likely N-dealkylation sites (N-methyl/N-ethyl adjacent to an activating group) is 1. The molecule has 114 valence electrons. The number of carbonyl (C=O) groups excluding carboxylic acids is 2. The minimum Gasteiger partial charge on any atom is -0.388 e. The van der Waals surface area contributed by atoms with Gasteiger partial charge >= 0.3 is 0 Å². The monoisotopic (exact) mass is 413 g/mol. The van der Waals surface area contributed by atoms with Gasteiger partial charge in [0.1, 0.15) is 12.6 Å². The normalized spacial score (nSPS) is 22.1. The average molecular weight is 413 g/mol. The van der Waals surface area contributed by atoms with Crippen molar-refractivity contribution in [2.45, 2.75) is 31.5 Å². The summed E-state index contributed by atoms with van der Waals surface area (Å²) in [6.07, 6.45) is 0.845. The zero-order valence-electron chi connectivity index (χ0n) is 12.4. The molecule has 1 saturated heterocycles. The molecule has 0 bridgehead atoms. The van der Waals surface area contributed by atoms with Crippen molar-refractivity contribution in [3.63, 3.8) is 0 Å². The van der Waals surface area contributed by atoms with Gasteiger partial charge in [0.15, 0.2) is 0 Å². The van der Waals surface area contributed by atoms with Gasteiger partial charge in [-0.05, 0) is 6.92 Å². The van der Waals surface area contributed by atoms with E-state index < -0.39 is 0 Å². The first-order chi connectivity index (χ1) is 9.26.